The minimum atomic E-state index is -0.419. The van der Waals surface area contributed by atoms with Gasteiger partial charge in [-0.2, -0.15) is 5.26 Å². The van der Waals surface area contributed by atoms with E-state index in [1.165, 1.54) is 6.07 Å². The molecular weight excluding hydrogens is 195 g/mol. The third-order valence-corrected chi connectivity index (χ3v) is 2.08. The van der Waals surface area contributed by atoms with Crippen LogP contribution in [0, 0.1) is 17.1 Å². The van der Waals surface area contributed by atoms with E-state index in [2.05, 4.69) is 5.32 Å². The molecule has 1 aromatic rings. The van der Waals surface area contributed by atoms with Crippen LogP contribution in [-0.2, 0) is 4.74 Å². The quantitative estimate of drug-likeness (QED) is 0.824. The maximum Gasteiger partial charge on any atom is 0.147 e. The maximum absolute atomic E-state index is 13.3. The minimum Gasteiger partial charge on any atom is -0.380 e. The molecular formula is C11H13FN2O. The van der Waals surface area contributed by atoms with Crippen molar-refractivity contribution in [2.45, 2.75) is 13.0 Å². The van der Waals surface area contributed by atoms with Gasteiger partial charge in [0.05, 0.1) is 23.4 Å². The molecule has 1 rings (SSSR count). The largest absolute Gasteiger partial charge is 0.380 e. The van der Waals surface area contributed by atoms with Crippen LogP contribution in [0.5, 0.6) is 0 Å². The smallest absolute Gasteiger partial charge is 0.147 e. The zero-order valence-corrected chi connectivity index (χ0v) is 8.75. The van der Waals surface area contributed by atoms with Crippen LogP contribution in [0.2, 0.25) is 0 Å². The molecule has 1 N–H and O–H groups in total. The van der Waals surface area contributed by atoms with E-state index in [1.54, 1.807) is 19.2 Å². The second-order valence-electron chi connectivity index (χ2n) is 3.23. The van der Waals surface area contributed by atoms with E-state index in [0.717, 1.165) is 0 Å². The fourth-order valence-electron chi connectivity index (χ4n) is 1.07. The highest BCUT2D eigenvalue weighted by Crippen LogP contribution is 2.15. The predicted molar refractivity (Wildman–Crippen MR) is 56.1 cm³/mol. The van der Waals surface area contributed by atoms with Crippen molar-refractivity contribution in [3.63, 3.8) is 0 Å². The van der Waals surface area contributed by atoms with Crippen LogP contribution < -0.4 is 5.32 Å². The standard InChI is InChI=1S/C11H13FN2O/c1-8(15-2)7-14-11-4-3-9(6-13)5-10(11)12/h3-5,8,14H,7H2,1-2H3. The SMILES string of the molecule is COC(C)CNc1ccc(C#N)cc1F. The Balaban J connectivity index is 2.67. The molecule has 4 heteroatoms. The average molecular weight is 208 g/mol. The molecule has 1 unspecified atom stereocenters. The summed E-state index contributed by atoms with van der Waals surface area (Å²) in [4.78, 5) is 0. The van der Waals surface area contributed by atoms with Crippen molar-refractivity contribution < 1.29 is 9.13 Å². The molecule has 0 amide bonds. The lowest BCUT2D eigenvalue weighted by atomic mass is 10.2. The molecule has 0 heterocycles. The summed E-state index contributed by atoms with van der Waals surface area (Å²) in [5.41, 5.74) is 0.704. The molecule has 0 spiro atoms. The number of nitrogens with one attached hydrogen (secondary N) is 1. The Hall–Kier alpha value is -1.60. The predicted octanol–water partition coefficient (Wildman–Crippen LogP) is 2.14. The molecule has 15 heavy (non-hydrogen) atoms. The Morgan fingerprint density at radius 1 is 1.60 bits per heavy atom. The van der Waals surface area contributed by atoms with Crippen LogP contribution in [0.1, 0.15) is 12.5 Å². The van der Waals surface area contributed by atoms with E-state index in [9.17, 15) is 4.39 Å². The van der Waals surface area contributed by atoms with Crippen molar-refractivity contribution in [1.29, 1.82) is 5.26 Å². The molecule has 0 fully saturated rings. The van der Waals surface area contributed by atoms with E-state index in [4.69, 9.17) is 10.00 Å². The molecule has 3 nitrogen and oxygen atoms in total. The van der Waals surface area contributed by atoms with E-state index >= 15 is 0 Å². The summed E-state index contributed by atoms with van der Waals surface area (Å²) >= 11 is 0. The first-order chi connectivity index (χ1) is 7.17. The van der Waals surface area contributed by atoms with Crippen LogP contribution >= 0.6 is 0 Å². The van der Waals surface area contributed by atoms with Crippen LogP contribution in [0.25, 0.3) is 0 Å². The molecule has 0 saturated carbocycles. The van der Waals surface area contributed by atoms with E-state index < -0.39 is 5.82 Å². The van der Waals surface area contributed by atoms with Gasteiger partial charge in [0.25, 0.3) is 0 Å². The number of nitriles is 1. The monoisotopic (exact) mass is 208 g/mol. The van der Waals surface area contributed by atoms with Crippen LogP contribution in [0.4, 0.5) is 10.1 Å². The summed E-state index contributed by atoms with van der Waals surface area (Å²) < 4.78 is 18.4. The van der Waals surface area contributed by atoms with Gasteiger partial charge in [-0.1, -0.05) is 0 Å². The number of hydrogen-bond acceptors (Lipinski definition) is 3. The molecule has 80 valence electrons. The molecule has 0 saturated heterocycles. The maximum atomic E-state index is 13.3. The van der Waals surface area contributed by atoms with Gasteiger partial charge in [0.15, 0.2) is 0 Å². The Morgan fingerprint density at radius 3 is 2.87 bits per heavy atom. The van der Waals surface area contributed by atoms with Crippen molar-refractivity contribution in [3.05, 3.63) is 29.6 Å². The van der Waals surface area contributed by atoms with Gasteiger partial charge in [-0.3, -0.25) is 0 Å². The number of nitrogens with zero attached hydrogens (tertiary/aromatic N) is 1. The lowest BCUT2D eigenvalue weighted by molar-refractivity contribution is 0.128. The fourth-order valence-corrected chi connectivity index (χ4v) is 1.07. The van der Waals surface area contributed by atoms with Crippen molar-refractivity contribution in [1.82, 2.24) is 0 Å². The van der Waals surface area contributed by atoms with E-state index in [0.29, 0.717) is 17.8 Å². The zero-order valence-electron chi connectivity index (χ0n) is 8.75. The van der Waals surface area contributed by atoms with Crippen LogP contribution in [0.3, 0.4) is 0 Å². The number of anilines is 1. The van der Waals surface area contributed by atoms with E-state index in [1.807, 2.05) is 13.0 Å². The van der Waals surface area contributed by atoms with E-state index in [-0.39, 0.29) is 6.10 Å². The summed E-state index contributed by atoms with van der Waals surface area (Å²) in [7, 11) is 1.60. The topological polar surface area (TPSA) is 45.0 Å². The first kappa shape index (κ1) is 11.5. The molecule has 0 bridgehead atoms. The number of halogens is 1. The lowest BCUT2D eigenvalue weighted by Crippen LogP contribution is -2.18. The van der Waals surface area contributed by atoms with Gasteiger partial charge in [-0.25, -0.2) is 4.39 Å². The number of benzene rings is 1. The number of ether oxygens (including phenoxy) is 1. The lowest BCUT2D eigenvalue weighted by Gasteiger charge is -2.12. The number of hydrogen-bond donors (Lipinski definition) is 1. The Morgan fingerprint density at radius 2 is 2.33 bits per heavy atom. The molecule has 1 aromatic carbocycles. The Labute approximate surface area is 88.5 Å². The first-order valence-corrected chi connectivity index (χ1v) is 4.63. The van der Waals surface area contributed by atoms with Crippen LogP contribution in [0.15, 0.2) is 18.2 Å². The third-order valence-electron chi connectivity index (χ3n) is 2.08. The number of methoxy groups -OCH3 is 1. The minimum absolute atomic E-state index is 0.0139. The second-order valence-corrected chi connectivity index (χ2v) is 3.23. The molecule has 0 radical (unpaired) electrons. The molecule has 1 atom stereocenters. The van der Waals surface area contributed by atoms with Gasteiger partial charge in [-0.05, 0) is 25.1 Å². The van der Waals surface area contributed by atoms with Crippen molar-refractivity contribution in [2.24, 2.45) is 0 Å². The molecule has 0 aromatic heterocycles. The van der Waals surface area contributed by atoms with Gasteiger partial charge in [-0.15, -0.1) is 0 Å². The van der Waals surface area contributed by atoms with Crippen molar-refractivity contribution in [2.75, 3.05) is 19.0 Å². The summed E-state index contributed by atoms with van der Waals surface area (Å²) in [6, 6.07) is 6.21. The zero-order chi connectivity index (χ0) is 11.3. The highest BCUT2D eigenvalue weighted by atomic mass is 19.1. The van der Waals surface area contributed by atoms with Gasteiger partial charge in [0.1, 0.15) is 5.82 Å². The Bertz CT molecular complexity index is 373. The Kier molecular flexibility index (Phi) is 4.07. The van der Waals surface area contributed by atoms with Gasteiger partial charge >= 0.3 is 0 Å². The number of rotatable bonds is 4. The summed E-state index contributed by atoms with van der Waals surface area (Å²) in [5, 5.41) is 11.5. The summed E-state index contributed by atoms with van der Waals surface area (Å²) in [6.07, 6.45) is 0.0139. The highest BCUT2D eigenvalue weighted by Gasteiger charge is 2.04. The summed E-state index contributed by atoms with van der Waals surface area (Å²) in [6.45, 7) is 2.41. The van der Waals surface area contributed by atoms with Crippen LogP contribution in [-0.4, -0.2) is 19.8 Å². The van der Waals surface area contributed by atoms with Crippen molar-refractivity contribution in [3.8, 4) is 6.07 Å². The normalized spacial score (nSPS) is 11.9. The molecule has 0 aliphatic carbocycles. The highest BCUT2D eigenvalue weighted by molar-refractivity contribution is 5.48. The fraction of sp³-hybridized carbons (Fsp3) is 0.364. The van der Waals surface area contributed by atoms with Gasteiger partial charge in [0.2, 0.25) is 0 Å². The van der Waals surface area contributed by atoms with Gasteiger partial charge in [0, 0.05) is 13.7 Å². The third kappa shape index (κ3) is 3.22. The molecule has 0 aliphatic rings. The molecule has 0 aliphatic heterocycles. The first-order valence-electron chi connectivity index (χ1n) is 4.63. The average Bonchev–Trinajstić information content (AvgIpc) is 2.26. The van der Waals surface area contributed by atoms with Crippen molar-refractivity contribution >= 4 is 5.69 Å². The summed E-state index contributed by atoms with van der Waals surface area (Å²) in [5.74, 6) is -0.419. The second kappa shape index (κ2) is 5.32. The van der Waals surface area contributed by atoms with Gasteiger partial charge < -0.3 is 10.1 Å².